The Morgan fingerprint density at radius 2 is 1.94 bits per heavy atom. The highest BCUT2D eigenvalue weighted by Crippen LogP contribution is 2.30. The fraction of sp³-hybridized carbons (Fsp3) is 1.00. The van der Waals surface area contributed by atoms with E-state index in [0.29, 0.717) is 12.5 Å². The maximum Gasteiger partial charge on any atom is 0.211 e. The summed E-state index contributed by atoms with van der Waals surface area (Å²) >= 11 is 0. The molecule has 0 amide bonds. The Hall–Kier alpha value is -0.130. The lowest BCUT2D eigenvalue weighted by molar-refractivity contribution is 0.195. The summed E-state index contributed by atoms with van der Waals surface area (Å²) in [6, 6.07) is 0. The molecule has 1 fully saturated rings. The van der Waals surface area contributed by atoms with Crippen LogP contribution in [0.3, 0.4) is 0 Å². The van der Waals surface area contributed by atoms with Crippen LogP contribution in [-0.2, 0) is 10.0 Å². The number of aliphatic hydroxyl groups excluding tert-OH is 1. The van der Waals surface area contributed by atoms with Crippen LogP contribution in [0.1, 0.15) is 33.1 Å². The molecule has 0 bridgehead atoms. The molecule has 4 nitrogen and oxygen atoms in total. The first-order valence-electron chi connectivity index (χ1n) is 6.03. The summed E-state index contributed by atoms with van der Waals surface area (Å²) in [5, 5.41) is 9.13. The smallest absolute Gasteiger partial charge is 0.211 e. The third kappa shape index (κ3) is 4.39. The molecule has 2 unspecified atom stereocenters. The second-order valence-corrected chi connectivity index (χ2v) is 7.01. The SMILES string of the molecule is CC(C)CS(=O)(=O)NCC1CCCC1CO. The topological polar surface area (TPSA) is 66.4 Å². The largest absolute Gasteiger partial charge is 0.396 e. The molecule has 0 aliphatic heterocycles. The van der Waals surface area contributed by atoms with Crippen molar-refractivity contribution in [1.82, 2.24) is 4.72 Å². The first-order valence-corrected chi connectivity index (χ1v) is 7.68. The molecule has 1 aliphatic rings. The second-order valence-electron chi connectivity index (χ2n) is 5.16. The molecule has 0 spiro atoms. The number of hydrogen-bond acceptors (Lipinski definition) is 3. The minimum atomic E-state index is -3.13. The summed E-state index contributed by atoms with van der Waals surface area (Å²) in [7, 11) is -3.13. The van der Waals surface area contributed by atoms with Crippen LogP contribution in [0.25, 0.3) is 0 Å². The van der Waals surface area contributed by atoms with Gasteiger partial charge in [0.05, 0.1) is 5.75 Å². The molecule has 2 atom stereocenters. The van der Waals surface area contributed by atoms with Crippen molar-refractivity contribution in [2.75, 3.05) is 18.9 Å². The Morgan fingerprint density at radius 3 is 2.50 bits per heavy atom. The molecular weight excluding hydrogens is 226 g/mol. The molecule has 5 heteroatoms. The molecule has 1 aliphatic carbocycles. The molecule has 0 aromatic rings. The van der Waals surface area contributed by atoms with Gasteiger partial charge in [0.1, 0.15) is 0 Å². The van der Waals surface area contributed by atoms with Gasteiger partial charge in [-0.2, -0.15) is 0 Å². The standard InChI is InChI=1S/C11H23NO3S/c1-9(2)8-16(14,15)12-6-10-4-3-5-11(10)7-13/h9-13H,3-8H2,1-2H3. The molecular formula is C11H23NO3S. The first-order chi connectivity index (χ1) is 7.44. The van der Waals surface area contributed by atoms with Gasteiger partial charge in [-0.3, -0.25) is 0 Å². The zero-order chi connectivity index (χ0) is 12.2. The van der Waals surface area contributed by atoms with Crippen molar-refractivity contribution in [3.8, 4) is 0 Å². The van der Waals surface area contributed by atoms with Gasteiger partial charge >= 0.3 is 0 Å². The van der Waals surface area contributed by atoms with Gasteiger partial charge in [0.25, 0.3) is 0 Å². The summed E-state index contributed by atoms with van der Waals surface area (Å²) in [6.45, 7) is 4.45. The molecule has 0 aromatic heterocycles. The maximum absolute atomic E-state index is 11.6. The quantitative estimate of drug-likeness (QED) is 0.737. The maximum atomic E-state index is 11.6. The lowest BCUT2D eigenvalue weighted by Crippen LogP contribution is -2.34. The average molecular weight is 249 g/mol. The van der Waals surface area contributed by atoms with Gasteiger partial charge in [-0.25, -0.2) is 13.1 Å². The van der Waals surface area contributed by atoms with Gasteiger partial charge in [0.2, 0.25) is 10.0 Å². The Kier molecular flexibility index (Phi) is 5.21. The molecule has 96 valence electrons. The molecule has 1 saturated carbocycles. The van der Waals surface area contributed by atoms with E-state index in [-0.39, 0.29) is 24.2 Å². The summed E-state index contributed by atoms with van der Waals surface area (Å²) in [4.78, 5) is 0. The second kappa shape index (κ2) is 5.98. The van der Waals surface area contributed by atoms with Gasteiger partial charge in [-0.1, -0.05) is 20.3 Å². The van der Waals surface area contributed by atoms with Crippen LogP contribution in [0.5, 0.6) is 0 Å². The summed E-state index contributed by atoms with van der Waals surface area (Å²) < 4.78 is 25.9. The summed E-state index contributed by atoms with van der Waals surface area (Å²) in [5.74, 6) is 0.923. The summed E-state index contributed by atoms with van der Waals surface area (Å²) in [6.07, 6.45) is 3.14. The van der Waals surface area contributed by atoms with Crippen molar-refractivity contribution in [3.05, 3.63) is 0 Å². The number of nitrogens with one attached hydrogen (secondary N) is 1. The fourth-order valence-electron chi connectivity index (χ4n) is 2.35. The van der Waals surface area contributed by atoms with Crippen LogP contribution >= 0.6 is 0 Å². The van der Waals surface area contributed by atoms with E-state index in [2.05, 4.69) is 4.72 Å². The molecule has 1 rings (SSSR count). The lowest BCUT2D eigenvalue weighted by atomic mass is 9.97. The van der Waals surface area contributed by atoms with E-state index in [1.807, 2.05) is 13.8 Å². The van der Waals surface area contributed by atoms with Crippen molar-refractivity contribution < 1.29 is 13.5 Å². The van der Waals surface area contributed by atoms with Crippen LogP contribution in [0.15, 0.2) is 0 Å². The minimum Gasteiger partial charge on any atom is -0.396 e. The molecule has 0 radical (unpaired) electrons. The molecule has 16 heavy (non-hydrogen) atoms. The van der Waals surface area contributed by atoms with Gasteiger partial charge in [-0.05, 0) is 30.6 Å². The Bertz CT molecular complexity index is 300. The molecule has 0 heterocycles. The van der Waals surface area contributed by atoms with Crippen molar-refractivity contribution in [3.63, 3.8) is 0 Å². The van der Waals surface area contributed by atoms with Gasteiger partial charge in [-0.15, -0.1) is 0 Å². The normalized spacial score (nSPS) is 26.5. The van der Waals surface area contributed by atoms with E-state index in [0.717, 1.165) is 19.3 Å². The Morgan fingerprint density at radius 1 is 1.31 bits per heavy atom. The fourth-order valence-corrected chi connectivity index (χ4v) is 3.82. The minimum absolute atomic E-state index is 0.148. The molecule has 0 saturated heterocycles. The van der Waals surface area contributed by atoms with Gasteiger partial charge < -0.3 is 5.11 Å². The van der Waals surface area contributed by atoms with E-state index in [9.17, 15) is 8.42 Å². The van der Waals surface area contributed by atoms with Gasteiger partial charge in [0, 0.05) is 13.2 Å². The predicted molar refractivity (Wildman–Crippen MR) is 64.5 cm³/mol. The van der Waals surface area contributed by atoms with Crippen LogP contribution < -0.4 is 4.72 Å². The van der Waals surface area contributed by atoms with Crippen molar-refractivity contribution in [1.29, 1.82) is 0 Å². The first kappa shape index (κ1) is 13.9. The van der Waals surface area contributed by atoms with E-state index in [1.165, 1.54) is 0 Å². The van der Waals surface area contributed by atoms with Crippen LogP contribution in [0.4, 0.5) is 0 Å². The molecule has 2 N–H and O–H groups in total. The number of sulfonamides is 1. The highest BCUT2D eigenvalue weighted by Gasteiger charge is 2.27. The van der Waals surface area contributed by atoms with Crippen LogP contribution in [-0.4, -0.2) is 32.4 Å². The van der Waals surface area contributed by atoms with Crippen molar-refractivity contribution in [2.24, 2.45) is 17.8 Å². The molecule has 0 aromatic carbocycles. The zero-order valence-electron chi connectivity index (χ0n) is 10.1. The van der Waals surface area contributed by atoms with E-state index in [4.69, 9.17) is 5.11 Å². The highest BCUT2D eigenvalue weighted by molar-refractivity contribution is 7.89. The number of rotatable bonds is 6. The van der Waals surface area contributed by atoms with E-state index < -0.39 is 10.0 Å². The Labute approximate surface area is 98.5 Å². The lowest BCUT2D eigenvalue weighted by Gasteiger charge is -2.18. The average Bonchev–Trinajstić information content (AvgIpc) is 2.59. The summed E-state index contributed by atoms with van der Waals surface area (Å²) in [5.41, 5.74) is 0. The van der Waals surface area contributed by atoms with Crippen LogP contribution in [0, 0.1) is 17.8 Å². The van der Waals surface area contributed by atoms with Crippen LogP contribution in [0.2, 0.25) is 0 Å². The zero-order valence-corrected chi connectivity index (χ0v) is 11.0. The Balaban J connectivity index is 2.39. The van der Waals surface area contributed by atoms with Gasteiger partial charge in [0.15, 0.2) is 0 Å². The van der Waals surface area contributed by atoms with Crippen molar-refractivity contribution in [2.45, 2.75) is 33.1 Å². The monoisotopic (exact) mass is 249 g/mol. The third-order valence-electron chi connectivity index (χ3n) is 3.17. The number of hydrogen-bond donors (Lipinski definition) is 2. The number of aliphatic hydroxyl groups is 1. The third-order valence-corrected chi connectivity index (χ3v) is 4.88. The van der Waals surface area contributed by atoms with Crippen molar-refractivity contribution >= 4 is 10.0 Å². The predicted octanol–water partition coefficient (Wildman–Crippen LogP) is 0.970. The van der Waals surface area contributed by atoms with E-state index >= 15 is 0 Å². The highest BCUT2D eigenvalue weighted by atomic mass is 32.2. The van der Waals surface area contributed by atoms with E-state index in [1.54, 1.807) is 0 Å².